The zero-order valence-electron chi connectivity index (χ0n) is 15.9. The smallest absolute Gasteiger partial charge is 0.160 e. The SMILES string of the molecule is COc1ccc(CN2CCC[C@@H](c3[nH]ncc3-c3ccc(Cl)cc3)C2)cc1O. The summed E-state index contributed by atoms with van der Waals surface area (Å²) >= 11 is 6.03. The van der Waals surface area contributed by atoms with Crippen molar-refractivity contribution in [2.24, 2.45) is 0 Å². The Kier molecular flexibility index (Phi) is 5.55. The second-order valence-electron chi connectivity index (χ2n) is 7.28. The number of nitrogens with one attached hydrogen (secondary N) is 1. The van der Waals surface area contributed by atoms with Gasteiger partial charge in [-0.2, -0.15) is 5.10 Å². The number of ether oxygens (including phenoxy) is 1. The standard InChI is InChI=1S/C22H24ClN3O2/c1-28-21-9-4-15(11-20(21)27)13-26-10-2-3-17(14-26)22-19(12-24-25-22)16-5-7-18(23)8-6-16/h4-9,11-12,17,27H,2-3,10,13-14H2,1H3,(H,24,25)/t17-/m1/s1. The number of aromatic nitrogens is 2. The summed E-state index contributed by atoms with van der Waals surface area (Å²) < 4.78 is 5.14. The van der Waals surface area contributed by atoms with Crippen molar-refractivity contribution < 1.29 is 9.84 Å². The third-order valence-corrected chi connectivity index (χ3v) is 5.64. The molecule has 0 amide bonds. The monoisotopic (exact) mass is 397 g/mol. The predicted octanol–water partition coefficient (Wildman–Crippen LogP) is 4.82. The van der Waals surface area contributed by atoms with Crippen molar-refractivity contribution in [1.82, 2.24) is 15.1 Å². The Morgan fingerprint density at radius 1 is 1.25 bits per heavy atom. The summed E-state index contributed by atoms with van der Waals surface area (Å²) in [6.07, 6.45) is 4.16. The molecule has 0 unspecified atom stereocenters. The molecule has 0 spiro atoms. The number of hydrogen-bond donors (Lipinski definition) is 2. The third-order valence-electron chi connectivity index (χ3n) is 5.39. The Hall–Kier alpha value is -2.50. The molecule has 1 aliphatic heterocycles. The van der Waals surface area contributed by atoms with Crippen LogP contribution in [-0.4, -0.2) is 40.4 Å². The number of phenolic OH excluding ortho intramolecular Hbond substituents is 1. The van der Waals surface area contributed by atoms with Gasteiger partial charge in [0, 0.05) is 35.3 Å². The van der Waals surface area contributed by atoms with Crippen LogP contribution in [0, 0.1) is 0 Å². The quantitative estimate of drug-likeness (QED) is 0.647. The highest BCUT2D eigenvalue weighted by atomic mass is 35.5. The van der Waals surface area contributed by atoms with Gasteiger partial charge in [-0.3, -0.25) is 10.00 Å². The van der Waals surface area contributed by atoms with Crippen LogP contribution in [0.4, 0.5) is 0 Å². The van der Waals surface area contributed by atoms with Crippen molar-refractivity contribution in [3.8, 4) is 22.6 Å². The number of H-pyrrole nitrogens is 1. The highest BCUT2D eigenvalue weighted by molar-refractivity contribution is 6.30. The molecule has 2 aromatic carbocycles. The van der Waals surface area contributed by atoms with Crippen LogP contribution in [0.5, 0.6) is 11.5 Å². The molecule has 0 aliphatic carbocycles. The van der Waals surface area contributed by atoms with E-state index in [1.165, 1.54) is 5.69 Å². The van der Waals surface area contributed by atoms with Crippen LogP contribution in [0.1, 0.15) is 30.0 Å². The van der Waals surface area contributed by atoms with Crippen molar-refractivity contribution in [2.75, 3.05) is 20.2 Å². The van der Waals surface area contributed by atoms with Crippen LogP contribution in [0.2, 0.25) is 5.02 Å². The number of halogens is 1. The lowest BCUT2D eigenvalue weighted by Crippen LogP contribution is -2.34. The van der Waals surface area contributed by atoms with E-state index in [1.807, 2.05) is 42.6 Å². The number of nitrogens with zero attached hydrogens (tertiary/aromatic N) is 2. The molecule has 1 saturated heterocycles. The van der Waals surface area contributed by atoms with E-state index in [1.54, 1.807) is 13.2 Å². The van der Waals surface area contributed by atoms with E-state index in [0.29, 0.717) is 11.7 Å². The van der Waals surface area contributed by atoms with Gasteiger partial charge < -0.3 is 9.84 Å². The first-order chi connectivity index (χ1) is 13.6. The van der Waals surface area contributed by atoms with E-state index in [4.69, 9.17) is 16.3 Å². The van der Waals surface area contributed by atoms with Crippen molar-refractivity contribution >= 4 is 11.6 Å². The Bertz CT molecular complexity index is 939. The number of piperidine rings is 1. The van der Waals surface area contributed by atoms with Crippen LogP contribution in [0.3, 0.4) is 0 Å². The van der Waals surface area contributed by atoms with Gasteiger partial charge in [-0.1, -0.05) is 29.8 Å². The molecule has 1 aliphatic rings. The molecule has 0 radical (unpaired) electrons. The molecule has 0 saturated carbocycles. The molecule has 2 N–H and O–H groups in total. The number of aromatic amines is 1. The summed E-state index contributed by atoms with van der Waals surface area (Å²) in [7, 11) is 1.56. The van der Waals surface area contributed by atoms with Gasteiger partial charge in [0.1, 0.15) is 0 Å². The minimum absolute atomic E-state index is 0.187. The maximum Gasteiger partial charge on any atom is 0.160 e. The van der Waals surface area contributed by atoms with Crippen LogP contribution in [-0.2, 0) is 6.54 Å². The molecular weight excluding hydrogens is 374 g/mol. The van der Waals surface area contributed by atoms with Crippen molar-refractivity contribution in [3.05, 3.63) is 64.9 Å². The average molecular weight is 398 g/mol. The second-order valence-corrected chi connectivity index (χ2v) is 7.72. The molecular formula is C22H24ClN3O2. The molecule has 1 atom stereocenters. The third kappa shape index (κ3) is 4.01. The minimum Gasteiger partial charge on any atom is -0.504 e. The maximum atomic E-state index is 10.0. The van der Waals surface area contributed by atoms with Crippen molar-refractivity contribution in [3.63, 3.8) is 0 Å². The maximum absolute atomic E-state index is 10.0. The Morgan fingerprint density at radius 3 is 2.82 bits per heavy atom. The minimum atomic E-state index is 0.187. The van der Waals surface area contributed by atoms with E-state index >= 15 is 0 Å². The largest absolute Gasteiger partial charge is 0.504 e. The summed E-state index contributed by atoms with van der Waals surface area (Å²) in [6, 6.07) is 13.5. The van der Waals surface area contributed by atoms with Crippen molar-refractivity contribution in [1.29, 1.82) is 0 Å². The summed E-state index contributed by atoms with van der Waals surface area (Å²) in [5.41, 5.74) is 4.54. The van der Waals surface area contributed by atoms with Gasteiger partial charge in [-0.25, -0.2) is 0 Å². The van der Waals surface area contributed by atoms with E-state index < -0.39 is 0 Å². The number of hydrogen-bond acceptors (Lipinski definition) is 4. The fourth-order valence-electron chi connectivity index (χ4n) is 3.99. The molecule has 1 fully saturated rings. The van der Waals surface area contributed by atoms with Crippen LogP contribution < -0.4 is 4.74 Å². The summed E-state index contributed by atoms with van der Waals surface area (Å²) in [5.74, 6) is 1.09. The van der Waals surface area contributed by atoms with Gasteiger partial charge in [0.15, 0.2) is 11.5 Å². The first kappa shape index (κ1) is 18.8. The van der Waals surface area contributed by atoms with E-state index in [-0.39, 0.29) is 5.75 Å². The van der Waals surface area contributed by atoms with Gasteiger partial charge in [-0.15, -0.1) is 0 Å². The Balaban J connectivity index is 1.50. The number of benzene rings is 2. The van der Waals surface area contributed by atoms with Crippen LogP contribution in [0.15, 0.2) is 48.7 Å². The number of aromatic hydroxyl groups is 1. The first-order valence-electron chi connectivity index (χ1n) is 9.51. The van der Waals surface area contributed by atoms with E-state index in [0.717, 1.165) is 54.2 Å². The summed E-state index contributed by atoms with van der Waals surface area (Å²) in [6.45, 7) is 2.81. The number of likely N-dealkylation sites (tertiary alicyclic amines) is 1. The molecule has 0 bridgehead atoms. The number of rotatable bonds is 5. The van der Waals surface area contributed by atoms with Crippen molar-refractivity contribution in [2.45, 2.75) is 25.3 Å². The lowest BCUT2D eigenvalue weighted by Gasteiger charge is -2.32. The highest BCUT2D eigenvalue weighted by Gasteiger charge is 2.25. The van der Waals surface area contributed by atoms with Gasteiger partial charge in [0.2, 0.25) is 0 Å². The first-order valence-corrected chi connectivity index (χ1v) is 9.89. The molecule has 4 rings (SSSR count). The Labute approximate surface area is 169 Å². The molecule has 3 aromatic rings. The average Bonchev–Trinajstić information content (AvgIpc) is 3.19. The molecule has 146 valence electrons. The zero-order valence-corrected chi connectivity index (χ0v) is 16.6. The highest BCUT2D eigenvalue weighted by Crippen LogP contribution is 2.34. The van der Waals surface area contributed by atoms with Crippen LogP contribution in [0.25, 0.3) is 11.1 Å². The predicted molar refractivity (Wildman–Crippen MR) is 111 cm³/mol. The fourth-order valence-corrected chi connectivity index (χ4v) is 4.12. The fraction of sp³-hybridized carbons (Fsp3) is 0.318. The second kappa shape index (κ2) is 8.25. The zero-order chi connectivity index (χ0) is 19.5. The van der Waals surface area contributed by atoms with E-state index in [9.17, 15) is 5.11 Å². The van der Waals surface area contributed by atoms with Gasteiger partial charge in [-0.05, 0) is 54.8 Å². The lowest BCUT2D eigenvalue weighted by atomic mass is 9.90. The van der Waals surface area contributed by atoms with Gasteiger partial charge >= 0.3 is 0 Å². The summed E-state index contributed by atoms with van der Waals surface area (Å²) in [5, 5.41) is 18.3. The normalized spacial score (nSPS) is 17.6. The molecule has 2 heterocycles. The molecule has 28 heavy (non-hydrogen) atoms. The molecule has 5 nitrogen and oxygen atoms in total. The molecule has 1 aromatic heterocycles. The van der Waals surface area contributed by atoms with E-state index in [2.05, 4.69) is 15.1 Å². The number of phenols is 1. The van der Waals surface area contributed by atoms with Gasteiger partial charge in [0.25, 0.3) is 0 Å². The Morgan fingerprint density at radius 2 is 2.07 bits per heavy atom. The molecule has 6 heteroatoms. The number of methoxy groups -OCH3 is 1. The lowest BCUT2D eigenvalue weighted by molar-refractivity contribution is 0.198. The topological polar surface area (TPSA) is 61.4 Å². The van der Waals surface area contributed by atoms with Crippen LogP contribution >= 0.6 is 11.6 Å². The summed E-state index contributed by atoms with van der Waals surface area (Å²) in [4.78, 5) is 2.43. The van der Waals surface area contributed by atoms with Gasteiger partial charge in [0.05, 0.1) is 13.3 Å².